The Morgan fingerprint density at radius 2 is 2.10 bits per heavy atom. The molecule has 0 aliphatic heterocycles. The van der Waals surface area contributed by atoms with E-state index in [0.717, 1.165) is 0 Å². The van der Waals surface area contributed by atoms with Gasteiger partial charge in [-0.2, -0.15) is 0 Å². The van der Waals surface area contributed by atoms with E-state index in [-0.39, 0.29) is 11.4 Å². The van der Waals surface area contributed by atoms with Crippen molar-refractivity contribution in [1.82, 2.24) is 9.71 Å². The maximum Gasteiger partial charge on any atom is 0.241 e. The summed E-state index contributed by atoms with van der Waals surface area (Å²) < 4.78 is 26.9. The van der Waals surface area contributed by atoms with Crippen LogP contribution in [0.3, 0.4) is 0 Å². The van der Waals surface area contributed by atoms with Crippen LogP contribution in [0.5, 0.6) is 0 Å². The highest BCUT2D eigenvalue weighted by atomic mass is 32.2. The minimum absolute atomic E-state index is 0.117. The lowest BCUT2D eigenvalue weighted by molar-refractivity contribution is 0.00681. The van der Waals surface area contributed by atoms with Gasteiger partial charge in [0.2, 0.25) is 10.0 Å². The Balaban J connectivity index is 2.38. The lowest BCUT2D eigenvalue weighted by Crippen LogP contribution is -2.43. The Labute approximate surface area is 117 Å². The molecule has 0 spiro atoms. The third-order valence-corrected chi connectivity index (χ3v) is 4.37. The molecule has 1 unspecified atom stereocenters. The van der Waals surface area contributed by atoms with E-state index < -0.39 is 22.2 Å². The van der Waals surface area contributed by atoms with Gasteiger partial charge in [-0.25, -0.2) is 13.1 Å². The van der Waals surface area contributed by atoms with Gasteiger partial charge in [0.25, 0.3) is 0 Å². The van der Waals surface area contributed by atoms with Gasteiger partial charge in [-0.1, -0.05) is 12.1 Å². The molecule has 1 heterocycles. The molecule has 0 radical (unpaired) electrons. The average molecular weight is 296 g/mol. The first-order chi connectivity index (χ1) is 9.36. The molecule has 0 saturated heterocycles. The largest absolute Gasteiger partial charge is 0.393 e. The summed E-state index contributed by atoms with van der Waals surface area (Å²) in [5, 5.41) is 19.9. The molecule has 0 amide bonds. The minimum Gasteiger partial charge on any atom is -0.393 e. The number of hydrogen-bond acceptors (Lipinski definition) is 5. The molecule has 1 aromatic carbocycles. The van der Waals surface area contributed by atoms with Crippen LogP contribution in [-0.2, 0) is 10.0 Å². The van der Waals surface area contributed by atoms with Crippen molar-refractivity contribution >= 4 is 20.8 Å². The first-order valence-corrected chi connectivity index (χ1v) is 7.50. The summed E-state index contributed by atoms with van der Waals surface area (Å²) in [5.74, 6) is 0. The fourth-order valence-corrected chi connectivity index (χ4v) is 3.10. The van der Waals surface area contributed by atoms with E-state index in [1.54, 1.807) is 24.4 Å². The zero-order valence-electron chi connectivity index (χ0n) is 10.9. The summed E-state index contributed by atoms with van der Waals surface area (Å²) in [5.41, 5.74) is -1.50. The van der Waals surface area contributed by atoms with Crippen LogP contribution in [0.4, 0.5) is 0 Å². The fourth-order valence-electron chi connectivity index (χ4n) is 1.71. The van der Waals surface area contributed by atoms with Crippen LogP contribution >= 0.6 is 0 Å². The number of aliphatic hydroxyl groups is 2. The Hall–Kier alpha value is -1.54. The SMILES string of the molecule is CC(O)(CO)CNS(=O)(=O)c1cccc2cnccc12. The number of nitrogens with one attached hydrogen (secondary N) is 1. The Morgan fingerprint density at radius 3 is 2.80 bits per heavy atom. The summed E-state index contributed by atoms with van der Waals surface area (Å²) in [6.07, 6.45) is 3.10. The van der Waals surface area contributed by atoms with Crippen LogP contribution in [-0.4, -0.2) is 42.4 Å². The molecular weight excluding hydrogens is 280 g/mol. The number of pyridine rings is 1. The van der Waals surface area contributed by atoms with Gasteiger partial charge in [0.15, 0.2) is 0 Å². The number of aliphatic hydroxyl groups excluding tert-OH is 1. The molecule has 7 heteroatoms. The molecule has 2 rings (SSSR count). The molecule has 0 aliphatic rings. The van der Waals surface area contributed by atoms with Crippen molar-refractivity contribution in [3.63, 3.8) is 0 Å². The van der Waals surface area contributed by atoms with Crippen molar-refractivity contribution in [3.8, 4) is 0 Å². The van der Waals surface area contributed by atoms with Gasteiger partial charge in [-0.15, -0.1) is 0 Å². The molecule has 6 nitrogen and oxygen atoms in total. The Kier molecular flexibility index (Phi) is 4.05. The number of hydrogen-bond donors (Lipinski definition) is 3. The number of fused-ring (bicyclic) bond motifs is 1. The van der Waals surface area contributed by atoms with Crippen molar-refractivity contribution in [2.75, 3.05) is 13.2 Å². The molecular formula is C13H16N2O4S. The monoisotopic (exact) mass is 296 g/mol. The fraction of sp³-hybridized carbons (Fsp3) is 0.308. The van der Waals surface area contributed by atoms with Gasteiger partial charge in [-0.3, -0.25) is 4.98 Å². The minimum atomic E-state index is -3.78. The normalized spacial score (nSPS) is 15.2. The second-order valence-corrected chi connectivity index (χ2v) is 6.57. The van der Waals surface area contributed by atoms with Crippen LogP contribution in [0.25, 0.3) is 10.8 Å². The van der Waals surface area contributed by atoms with Gasteiger partial charge in [0, 0.05) is 29.7 Å². The van der Waals surface area contributed by atoms with Crippen molar-refractivity contribution in [2.24, 2.45) is 0 Å². The van der Waals surface area contributed by atoms with E-state index in [4.69, 9.17) is 5.11 Å². The van der Waals surface area contributed by atoms with Crippen molar-refractivity contribution in [2.45, 2.75) is 17.4 Å². The first-order valence-electron chi connectivity index (χ1n) is 6.01. The molecule has 20 heavy (non-hydrogen) atoms. The molecule has 3 N–H and O–H groups in total. The van der Waals surface area contributed by atoms with E-state index in [1.807, 2.05) is 0 Å². The van der Waals surface area contributed by atoms with Gasteiger partial charge >= 0.3 is 0 Å². The molecule has 0 saturated carbocycles. The summed E-state index contributed by atoms with van der Waals surface area (Å²) >= 11 is 0. The van der Waals surface area contributed by atoms with Gasteiger partial charge < -0.3 is 10.2 Å². The third-order valence-electron chi connectivity index (χ3n) is 2.91. The summed E-state index contributed by atoms with van der Waals surface area (Å²) in [7, 11) is -3.78. The molecule has 0 bridgehead atoms. The topological polar surface area (TPSA) is 99.5 Å². The second kappa shape index (κ2) is 5.45. The van der Waals surface area contributed by atoms with Crippen LogP contribution in [0, 0.1) is 0 Å². The van der Waals surface area contributed by atoms with E-state index in [1.165, 1.54) is 19.2 Å². The Morgan fingerprint density at radius 1 is 1.35 bits per heavy atom. The van der Waals surface area contributed by atoms with Gasteiger partial charge in [0.05, 0.1) is 17.1 Å². The third kappa shape index (κ3) is 3.13. The maximum absolute atomic E-state index is 12.3. The smallest absolute Gasteiger partial charge is 0.241 e. The van der Waals surface area contributed by atoms with Crippen molar-refractivity contribution in [3.05, 3.63) is 36.7 Å². The van der Waals surface area contributed by atoms with E-state index in [2.05, 4.69) is 9.71 Å². The standard InChI is InChI=1S/C13H16N2O4S/c1-13(17,9-16)8-15-20(18,19)12-4-2-3-10-7-14-6-5-11(10)12/h2-7,15-17H,8-9H2,1H3. The van der Waals surface area contributed by atoms with Crippen LogP contribution in [0.1, 0.15) is 6.92 Å². The molecule has 1 atom stereocenters. The number of rotatable bonds is 5. The highest BCUT2D eigenvalue weighted by molar-refractivity contribution is 7.89. The van der Waals surface area contributed by atoms with Crippen LogP contribution < -0.4 is 4.72 Å². The summed E-state index contributed by atoms with van der Waals surface area (Å²) in [6.45, 7) is 0.546. The molecule has 108 valence electrons. The average Bonchev–Trinajstić information content (AvgIpc) is 2.45. The predicted molar refractivity (Wildman–Crippen MR) is 74.6 cm³/mol. The van der Waals surface area contributed by atoms with E-state index >= 15 is 0 Å². The maximum atomic E-state index is 12.3. The summed E-state index contributed by atoms with van der Waals surface area (Å²) in [6, 6.07) is 6.50. The van der Waals surface area contributed by atoms with Crippen molar-refractivity contribution < 1.29 is 18.6 Å². The highest BCUT2D eigenvalue weighted by Crippen LogP contribution is 2.21. The molecule has 0 aliphatic carbocycles. The highest BCUT2D eigenvalue weighted by Gasteiger charge is 2.24. The first kappa shape index (κ1) is 14.9. The summed E-state index contributed by atoms with van der Waals surface area (Å²) in [4.78, 5) is 4.06. The molecule has 0 fully saturated rings. The zero-order chi connectivity index (χ0) is 14.8. The quantitative estimate of drug-likeness (QED) is 0.735. The van der Waals surface area contributed by atoms with E-state index in [9.17, 15) is 13.5 Å². The van der Waals surface area contributed by atoms with Crippen LogP contribution in [0.15, 0.2) is 41.6 Å². The predicted octanol–water partition coefficient (Wildman–Crippen LogP) is 0.256. The molecule has 2 aromatic rings. The molecule has 1 aromatic heterocycles. The van der Waals surface area contributed by atoms with Gasteiger partial charge in [0.1, 0.15) is 0 Å². The number of sulfonamides is 1. The number of nitrogens with zero attached hydrogens (tertiary/aromatic N) is 1. The van der Waals surface area contributed by atoms with Crippen molar-refractivity contribution in [1.29, 1.82) is 0 Å². The lowest BCUT2D eigenvalue weighted by atomic mass is 10.1. The lowest BCUT2D eigenvalue weighted by Gasteiger charge is -2.20. The van der Waals surface area contributed by atoms with Gasteiger partial charge in [-0.05, 0) is 19.1 Å². The van der Waals surface area contributed by atoms with E-state index in [0.29, 0.717) is 10.8 Å². The Bertz CT molecular complexity index is 708. The second-order valence-electron chi connectivity index (χ2n) is 4.83. The number of aromatic nitrogens is 1. The zero-order valence-corrected chi connectivity index (χ0v) is 11.8. The number of benzene rings is 1. The van der Waals surface area contributed by atoms with Crippen LogP contribution in [0.2, 0.25) is 0 Å².